The minimum atomic E-state index is -0.739. The molecular weight excluding hydrogens is 756 g/mol. The molecule has 0 spiro atoms. The summed E-state index contributed by atoms with van der Waals surface area (Å²) < 4.78 is 21.1. The summed E-state index contributed by atoms with van der Waals surface area (Å²) in [5.41, 5.74) is 2.33. The van der Waals surface area contributed by atoms with Crippen LogP contribution in [0.25, 0.3) is 6.08 Å². The van der Waals surface area contributed by atoms with Crippen LogP contribution in [0.2, 0.25) is 0 Å². The number of rotatable bonds is 9. The number of hydrogen-bond donors (Lipinski definition) is 0. The van der Waals surface area contributed by atoms with Gasteiger partial charge in [-0.2, -0.15) is 0 Å². The van der Waals surface area contributed by atoms with E-state index in [9.17, 15) is 9.59 Å². The Hall–Kier alpha value is -2.39. The molecule has 0 N–H and O–H groups in total. The van der Waals surface area contributed by atoms with Gasteiger partial charge in [-0.25, -0.2) is 4.99 Å². The summed E-state index contributed by atoms with van der Waals surface area (Å²) in [4.78, 5) is 35.0. The van der Waals surface area contributed by atoms with Crippen LogP contribution in [-0.2, 0) is 4.79 Å². The number of nitrogens with zero attached hydrogens (tertiary/aromatic N) is 3. The number of fused-ring (bicyclic) bond motifs is 1. The first-order valence-corrected chi connectivity index (χ1v) is 15.8. The van der Waals surface area contributed by atoms with Crippen molar-refractivity contribution in [3.8, 4) is 17.2 Å². The van der Waals surface area contributed by atoms with Gasteiger partial charge in [-0.3, -0.25) is 14.2 Å². The van der Waals surface area contributed by atoms with Crippen LogP contribution < -0.4 is 29.1 Å². The summed E-state index contributed by atoms with van der Waals surface area (Å²) in [6.07, 6.45) is 1.87. The van der Waals surface area contributed by atoms with E-state index in [1.165, 1.54) is 11.3 Å². The van der Waals surface area contributed by atoms with Gasteiger partial charge in [-0.1, -0.05) is 11.3 Å². The molecule has 0 unspecified atom stereocenters. The maximum absolute atomic E-state index is 14.1. The number of thiazole rings is 1. The molecule has 0 saturated carbocycles. The highest BCUT2D eigenvalue weighted by atomic mass is 127. The van der Waals surface area contributed by atoms with Gasteiger partial charge < -0.3 is 19.1 Å². The lowest BCUT2D eigenvalue weighted by Crippen LogP contribution is -2.43. The monoisotopic (exact) mass is 787 g/mol. The van der Waals surface area contributed by atoms with E-state index in [0.29, 0.717) is 57.4 Å². The van der Waals surface area contributed by atoms with Crippen molar-refractivity contribution >= 4 is 68.5 Å². The first-order valence-electron chi connectivity index (χ1n) is 12.8. The molecule has 2 aromatic carbocycles. The summed E-state index contributed by atoms with van der Waals surface area (Å²) in [6, 6.07) is 8.67. The minimum Gasteiger partial charge on any atom is -0.497 e. The second kappa shape index (κ2) is 13.1. The van der Waals surface area contributed by atoms with Gasteiger partial charge >= 0.3 is 0 Å². The Balaban J connectivity index is 2.00. The van der Waals surface area contributed by atoms with Crippen molar-refractivity contribution in [1.29, 1.82) is 0 Å². The smallest absolute Gasteiger partial charge is 0.271 e. The minimum absolute atomic E-state index is 0.161. The Kier molecular flexibility index (Phi) is 9.98. The van der Waals surface area contributed by atoms with Crippen LogP contribution in [0.15, 0.2) is 51.4 Å². The zero-order chi connectivity index (χ0) is 29.1. The average Bonchev–Trinajstić information content (AvgIpc) is 3.24. The summed E-state index contributed by atoms with van der Waals surface area (Å²) in [5.74, 6) is 1.82. The molecule has 0 fully saturated rings. The summed E-state index contributed by atoms with van der Waals surface area (Å²) in [6.45, 7) is 9.30. The zero-order valence-corrected chi connectivity index (χ0v) is 28.3. The van der Waals surface area contributed by atoms with Gasteiger partial charge in [0.1, 0.15) is 23.3 Å². The van der Waals surface area contributed by atoms with Crippen molar-refractivity contribution in [3.05, 3.63) is 79.6 Å². The first kappa shape index (κ1) is 30.6. The van der Waals surface area contributed by atoms with E-state index in [1.807, 2.05) is 52.0 Å². The van der Waals surface area contributed by atoms with Crippen LogP contribution in [0.1, 0.15) is 44.9 Å². The molecule has 0 saturated heterocycles. The molecule has 1 amide bonds. The van der Waals surface area contributed by atoms with Gasteiger partial charge in [-0.15, -0.1) is 0 Å². The maximum atomic E-state index is 14.1. The van der Waals surface area contributed by atoms with Crippen LogP contribution in [0.5, 0.6) is 17.2 Å². The number of allylic oxidation sites excluding steroid dienone is 1. The van der Waals surface area contributed by atoms with Crippen molar-refractivity contribution in [2.75, 3.05) is 33.9 Å². The molecule has 2 heterocycles. The molecule has 40 heavy (non-hydrogen) atoms. The topological polar surface area (TPSA) is 82.4 Å². The van der Waals surface area contributed by atoms with Gasteiger partial charge in [-0.05, 0) is 115 Å². The van der Waals surface area contributed by atoms with Gasteiger partial charge in [0.05, 0.1) is 43.8 Å². The molecule has 1 aliphatic rings. The van der Waals surface area contributed by atoms with Gasteiger partial charge in [0, 0.05) is 18.7 Å². The van der Waals surface area contributed by atoms with Crippen LogP contribution in [0, 0.1) is 7.14 Å². The predicted octanol–water partition coefficient (Wildman–Crippen LogP) is 4.73. The molecule has 4 rings (SSSR count). The standard InChI is InChI=1S/C29H31I2N3O5S/c1-7-33(8-2)28(36)24-16(4)32-29-34(25(24)19-15-18(37-5)10-11-22(19)38-6)27(35)23(40-29)14-17-12-20(30)26(39-9-3)21(31)13-17/h10-15,25H,7-9H2,1-6H3/b23-14+/t25-/m0/s1. The number of benzene rings is 2. The third-order valence-electron chi connectivity index (χ3n) is 6.64. The summed E-state index contributed by atoms with van der Waals surface area (Å²) in [7, 11) is 3.16. The van der Waals surface area contributed by atoms with Crippen LogP contribution >= 0.6 is 56.5 Å². The second-order valence-corrected chi connectivity index (χ2v) is 12.2. The number of methoxy groups -OCH3 is 2. The lowest BCUT2D eigenvalue weighted by molar-refractivity contribution is -0.127. The van der Waals surface area contributed by atoms with E-state index in [-0.39, 0.29) is 11.5 Å². The summed E-state index contributed by atoms with van der Waals surface area (Å²) >= 11 is 5.81. The van der Waals surface area contributed by atoms with Gasteiger partial charge in [0.2, 0.25) is 0 Å². The molecule has 212 valence electrons. The summed E-state index contributed by atoms with van der Waals surface area (Å²) in [5, 5.41) is 0. The molecule has 0 bridgehead atoms. The third-order valence-corrected chi connectivity index (χ3v) is 9.23. The number of carbonyl (C=O) groups excluding carboxylic acids is 1. The van der Waals surface area contributed by atoms with Crippen molar-refractivity contribution < 1.29 is 19.0 Å². The van der Waals surface area contributed by atoms with Crippen LogP contribution in [0.3, 0.4) is 0 Å². The Bertz CT molecular complexity index is 1630. The van der Waals surface area contributed by atoms with E-state index in [0.717, 1.165) is 18.5 Å². The fraction of sp³-hybridized carbons (Fsp3) is 0.345. The highest BCUT2D eigenvalue weighted by Crippen LogP contribution is 2.38. The fourth-order valence-electron chi connectivity index (χ4n) is 4.72. The van der Waals surface area contributed by atoms with E-state index in [2.05, 4.69) is 45.2 Å². The van der Waals surface area contributed by atoms with E-state index >= 15 is 0 Å². The molecule has 1 aromatic heterocycles. The van der Waals surface area contributed by atoms with Crippen LogP contribution in [0.4, 0.5) is 0 Å². The van der Waals surface area contributed by atoms with Gasteiger partial charge in [0.25, 0.3) is 11.5 Å². The second-order valence-electron chi connectivity index (χ2n) is 8.91. The average molecular weight is 787 g/mol. The Morgan fingerprint density at radius 1 is 1.10 bits per heavy atom. The molecule has 0 radical (unpaired) electrons. The number of ether oxygens (including phenoxy) is 3. The quantitative estimate of drug-likeness (QED) is 0.294. The highest BCUT2D eigenvalue weighted by molar-refractivity contribution is 14.1. The number of carbonyl (C=O) groups is 1. The van der Waals surface area contributed by atoms with Gasteiger partial charge in [0.15, 0.2) is 4.80 Å². The van der Waals surface area contributed by atoms with Crippen molar-refractivity contribution in [2.45, 2.75) is 33.7 Å². The number of hydrogen-bond acceptors (Lipinski definition) is 7. The van der Waals surface area contributed by atoms with E-state index in [1.54, 1.807) is 35.8 Å². The zero-order valence-electron chi connectivity index (χ0n) is 23.2. The lowest BCUT2D eigenvalue weighted by Gasteiger charge is -2.30. The molecule has 11 heteroatoms. The fourth-order valence-corrected chi connectivity index (χ4v) is 7.89. The Labute approximate surface area is 264 Å². The highest BCUT2D eigenvalue weighted by Gasteiger charge is 2.36. The predicted molar refractivity (Wildman–Crippen MR) is 174 cm³/mol. The molecular formula is C29H31I2N3O5S. The number of amides is 1. The van der Waals surface area contributed by atoms with Crippen molar-refractivity contribution in [3.63, 3.8) is 0 Å². The lowest BCUT2D eigenvalue weighted by atomic mass is 9.93. The van der Waals surface area contributed by atoms with E-state index in [4.69, 9.17) is 19.2 Å². The SMILES string of the molecule is CCOc1c(I)cc(/C=c2/sc3n(c2=O)[C@@H](c2cc(OC)ccc2OC)C(C(=O)N(CC)CC)=C(C)N=3)cc1I. The number of aromatic nitrogens is 1. The van der Waals surface area contributed by atoms with Crippen molar-refractivity contribution in [2.24, 2.45) is 4.99 Å². The van der Waals surface area contributed by atoms with Crippen LogP contribution in [-0.4, -0.2) is 49.3 Å². The van der Waals surface area contributed by atoms with Crippen molar-refractivity contribution in [1.82, 2.24) is 9.47 Å². The molecule has 1 aliphatic heterocycles. The molecule has 0 aliphatic carbocycles. The molecule has 1 atom stereocenters. The molecule has 3 aromatic rings. The van der Waals surface area contributed by atoms with E-state index < -0.39 is 6.04 Å². The Morgan fingerprint density at radius 2 is 1.77 bits per heavy atom. The third kappa shape index (κ3) is 5.82. The number of likely N-dealkylation sites (N-methyl/N-ethyl adjacent to an activating group) is 1. The largest absolute Gasteiger partial charge is 0.497 e. The number of halogens is 2. The normalized spacial score (nSPS) is 15.0. The first-order chi connectivity index (χ1) is 19.2. The Morgan fingerprint density at radius 3 is 2.35 bits per heavy atom. The maximum Gasteiger partial charge on any atom is 0.271 e. The molecule has 8 nitrogen and oxygen atoms in total.